The van der Waals surface area contributed by atoms with Crippen molar-refractivity contribution in [2.75, 3.05) is 13.1 Å². The SMILES string of the molecule is CCC1(O)CN(Cc2cncc(C)c2)C1. The molecule has 1 aromatic rings. The van der Waals surface area contributed by atoms with Gasteiger partial charge in [-0.05, 0) is 24.5 Å². The standard InChI is InChI=1S/C12H18N2O/c1-3-12(15)8-14(9-12)7-11-4-10(2)5-13-6-11/h4-6,15H,3,7-9H2,1-2H3. The van der Waals surface area contributed by atoms with Crippen LogP contribution >= 0.6 is 0 Å². The summed E-state index contributed by atoms with van der Waals surface area (Å²) in [7, 11) is 0. The van der Waals surface area contributed by atoms with Crippen LogP contribution in [0.5, 0.6) is 0 Å². The summed E-state index contributed by atoms with van der Waals surface area (Å²) in [4.78, 5) is 6.41. The largest absolute Gasteiger partial charge is 0.387 e. The second kappa shape index (κ2) is 3.91. The van der Waals surface area contributed by atoms with Crippen molar-refractivity contribution in [3.63, 3.8) is 0 Å². The number of aliphatic hydroxyl groups is 1. The molecule has 1 aromatic heterocycles. The third-order valence-corrected chi connectivity index (χ3v) is 3.03. The molecule has 0 radical (unpaired) electrons. The van der Waals surface area contributed by atoms with Crippen molar-refractivity contribution >= 4 is 0 Å². The first-order chi connectivity index (χ1) is 7.11. The Bertz CT molecular complexity index is 345. The molecule has 0 unspecified atom stereocenters. The predicted molar refractivity (Wildman–Crippen MR) is 59.5 cm³/mol. The van der Waals surface area contributed by atoms with Gasteiger partial charge in [0.05, 0.1) is 5.60 Å². The van der Waals surface area contributed by atoms with E-state index >= 15 is 0 Å². The van der Waals surface area contributed by atoms with Crippen LogP contribution in [0.25, 0.3) is 0 Å². The maximum atomic E-state index is 9.86. The summed E-state index contributed by atoms with van der Waals surface area (Å²) >= 11 is 0. The Morgan fingerprint density at radius 2 is 2.20 bits per heavy atom. The molecule has 1 N–H and O–H groups in total. The van der Waals surface area contributed by atoms with Gasteiger partial charge < -0.3 is 5.11 Å². The fourth-order valence-corrected chi connectivity index (χ4v) is 2.08. The van der Waals surface area contributed by atoms with E-state index in [-0.39, 0.29) is 0 Å². The number of β-amino-alcohol motifs (C(OH)–C–C–N with tert-alkyl or cyclic N) is 1. The maximum Gasteiger partial charge on any atom is 0.0897 e. The summed E-state index contributed by atoms with van der Waals surface area (Å²) in [5.74, 6) is 0. The van der Waals surface area contributed by atoms with E-state index in [1.54, 1.807) is 0 Å². The van der Waals surface area contributed by atoms with E-state index in [4.69, 9.17) is 0 Å². The van der Waals surface area contributed by atoms with Crippen molar-refractivity contribution in [2.45, 2.75) is 32.4 Å². The van der Waals surface area contributed by atoms with Crippen LogP contribution in [-0.2, 0) is 6.54 Å². The van der Waals surface area contributed by atoms with Crippen molar-refractivity contribution in [1.29, 1.82) is 0 Å². The van der Waals surface area contributed by atoms with Gasteiger partial charge in [-0.15, -0.1) is 0 Å². The lowest BCUT2D eigenvalue weighted by atomic mass is 9.91. The molecule has 3 heteroatoms. The maximum absolute atomic E-state index is 9.86. The number of aromatic nitrogens is 1. The molecule has 2 rings (SSSR count). The first kappa shape index (κ1) is 10.6. The molecule has 1 saturated heterocycles. The molecule has 1 fully saturated rings. The van der Waals surface area contributed by atoms with Crippen LogP contribution in [-0.4, -0.2) is 33.7 Å². The fourth-order valence-electron chi connectivity index (χ4n) is 2.08. The zero-order valence-electron chi connectivity index (χ0n) is 9.40. The van der Waals surface area contributed by atoms with E-state index in [9.17, 15) is 5.11 Å². The highest BCUT2D eigenvalue weighted by Crippen LogP contribution is 2.25. The Balaban J connectivity index is 1.90. The van der Waals surface area contributed by atoms with E-state index in [1.807, 2.05) is 19.3 Å². The molecular formula is C12H18N2O. The molecule has 0 spiro atoms. The average Bonchev–Trinajstić information content (AvgIpc) is 2.15. The zero-order chi connectivity index (χ0) is 10.9. The van der Waals surface area contributed by atoms with Gasteiger partial charge in [-0.25, -0.2) is 0 Å². The van der Waals surface area contributed by atoms with Gasteiger partial charge >= 0.3 is 0 Å². The van der Waals surface area contributed by atoms with E-state index in [0.717, 1.165) is 26.1 Å². The molecule has 82 valence electrons. The molecule has 1 aliphatic rings. The fraction of sp³-hybridized carbons (Fsp3) is 0.583. The number of rotatable bonds is 3. The van der Waals surface area contributed by atoms with Crippen molar-refractivity contribution in [3.8, 4) is 0 Å². The van der Waals surface area contributed by atoms with E-state index in [1.165, 1.54) is 11.1 Å². The van der Waals surface area contributed by atoms with Crippen molar-refractivity contribution in [1.82, 2.24) is 9.88 Å². The highest BCUT2D eigenvalue weighted by molar-refractivity contribution is 5.17. The van der Waals surface area contributed by atoms with Gasteiger partial charge in [0.25, 0.3) is 0 Å². The number of likely N-dealkylation sites (tertiary alicyclic amines) is 1. The van der Waals surface area contributed by atoms with Crippen molar-refractivity contribution in [3.05, 3.63) is 29.6 Å². The minimum atomic E-state index is -0.433. The lowest BCUT2D eigenvalue weighted by molar-refractivity contribution is -0.103. The zero-order valence-corrected chi connectivity index (χ0v) is 9.40. The summed E-state index contributed by atoms with van der Waals surface area (Å²) in [6, 6.07) is 2.15. The van der Waals surface area contributed by atoms with Crippen LogP contribution in [0.15, 0.2) is 18.5 Å². The Kier molecular flexibility index (Phi) is 2.76. The summed E-state index contributed by atoms with van der Waals surface area (Å²) in [6.07, 6.45) is 4.61. The average molecular weight is 206 g/mol. The number of nitrogens with zero attached hydrogens (tertiary/aromatic N) is 2. The second-order valence-electron chi connectivity index (χ2n) is 4.59. The Labute approximate surface area is 90.8 Å². The third kappa shape index (κ3) is 2.36. The van der Waals surface area contributed by atoms with Crippen molar-refractivity contribution < 1.29 is 5.11 Å². The van der Waals surface area contributed by atoms with Crippen molar-refractivity contribution in [2.24, 2.45) is 0 Å². The van der Waals surface area contributed by atoms with Crippen LogP contribution in [0.2, 0.25) is 0 Å². The van der Waals surface area contributed by atoms with Gasteiger partial charge in [0, 0.05) is 32.0 Å². The summed E-state index contributed by atoms with van der Waals surface area (Å²) in [5.41, 5.74) is 1.99. The van der Waals surface area contributed by atoms with E-state index in [0.29, 0.717) is 0 Å². The van der Waals surface area contributed by atoms with E-state index < -0.39 is 5.60 Å². The van der Waals surface area contributed by atoms with Crippen LogP contribution in [0.1, 0.15) is 24.5 Å². The highest BCUT2D eigenvalue weighted by Gasteiger charge is 2.38. The lowest BCUT2D eigenvalue weighted by Gasteiger charge is -2.46. The first-order valence-corrected chi connectivity index (χ1v) is 5.46. The van der Waals surface area contributed by atoms with E-state index in [2.05, 4.69) is 22.9 Å². The molecule has 3 nitrogen and oxygen atoms in total. The van der Waals surface area contributed by atoms with Gasteiger partial charge in [0.2, 0.25) is 0 Å². The molecule has 0 saturated carbocycles. The quantitative estimate of drug-likeness (QED) is 0.811. The molecule has 15 heavy (non-hydrogen) atoms. The number of hydrogen-bond acceptors (Lipinski definition) is 3. The smallest absolute Gasteiger partial charge is 0.0897 e. The van der Waals surface area contributed by atoms with Crippen LogP contribution in [0.4, 0.5) is 0 Å². The van der Waals surface area contributed by atoms with Gasteiger partial charge in [-0.1, -0.05) is 13.0 Å². The minimum absolute atomic E-state index is 0.433. The Morgan fingerprint density at radius 1 is 1.47 bits per heavy atom. The summed E-state index contributed by atoms with van der Waals surface area (Å²) < 4.78 is 0. The predicted octanol–water partition coefficient (Wildman–Crippen LogP) is 1.35. The molecule has 0 bridgehead atoms. The molecular weight excluding hydrogens is 188 g/mol. The lowest BCUT2D eigenvalue weighted by Crippen LogP contribution is -2.60. The van der Waals surface area contributed by atoms with Gasteiger partial charge in [0.15, 0.2) is 0 Å². The first-order valence-electron chi connectivity index (χ1n) is 5.46. The third-order valence-electron chi connectivity index (χ3n) is 3.03. The number of aryl methyl sites for hydroxylation is 1. The molecule has 0 atom stereocenters. The van der Waals surface area contributed by atoms with Gasteiger partial charge in [-0.3, -0.25) is 9.88 Å². The van der Waals surface area contributed by atoms with Gasteiger partial charge in [0.1, 0.15) is 0 Å². The Hall–Kier alpha value is -0.930. The topological polar surface area (TPSA) is 36.4 Å². The summed E-state index contributed by atoms with van der Waals surface area (Å²) in [5, 5.41) is 9.86. The van der Waals surface area contributed by atoms with Crippen LogP contribution < -0.4 is 0 Å². The minimum Gasteiger partial charge on any atom is -0.387 e. The molecule has 0 aliphatic carbocycles. The van der Waals surface area contributed by atoms with Crippen LogP contribution in [0, 0.1) is 6.92 Å². The molecule has 0 aromatic carbocycles. The summed E-state index contributed by atoms with van der Waals surface area (Å²) in [6.45, 7) is 6.56. The monoisotopic (exact) mass is 206 g/mol. The Morgan fingerprint density at radius 3 is 2.80 bits per heavy atom. The normalized spacial score (nSPS) is 19.9. The number of hydrogen-bond donors (Lipinski definition) is 1. The van der Waals surface area contributed by atoms with Crippen LogP contribution in [0.3, 0.4) is 0 Å². The molecule has 2 heterocycles. The molecule has 0 amide bonds. The second-order valence-corrected chi connectivity index (χ2v) is 4.59. The molecule has 1 aliphatic heterocycles. The number of pyridine rings is 1. The highest BCUT2D eigenvalue weighted by atomic mass is 16.3. The van der Waals surface area contributed by atoms with Gasteiger partial charge in [-0.2, -0.15) is 0 Å².